The molecule has 1 aromatic rings. The summed E-state index contributed by atoms with van der Waals surface area (Å²) in [4.78, 5) is 32.9. The SMILES string of the molecule is CN=C(NCc1cccc(CN2CCCC2=O)c1)NC1CCN(C(=O)C2CCCC2)C1. The predicted molar refractivity (Wildman–Crippen MR) is 121 cm³/mol. The van der Waals surface area contributed by atoms with Gasteiger partial charge in [-0.05, 0) is 36.8 Å². The van der Waals surface area contributed by atoms with Crippen LogP contribution in [0.4, 0.5) is 0 Å². The zero-order valence-corrected chi connectivity index (χ0v) is 18.6. The van der Waals surface area contributed by atoms with Crippen LogP contribution in [0.2, 0.25) is 0 Å². The number of aliphatic imine (C=N–C) groups is 1. The van der Waals surface area contributed by atoms with E-state index in [-0.39, 0.29) is 17.9 Å². The second-order valence-corrected chi connectivity index (χ2v) is 9.06. The van der Waals surface area contributed by atoms with Crippen molar-refractivity contribution in [2.24, 2.45) is 10.9 Å². The topological polar surface area (TPSA) is 77.0 Å². The molecule has 1 aliphatic carbocycles. The number of likely N-dealkylation sites (tertiary alicyclic amines) is 2. The van der Waals surface area contributed by atoms with Crippen molar-refractivity contribution in [2.75, 3.05) is 26.7 Å². The molecule has 2 amide bonds. The van der Waals surface area contributed by atoms with Crippen molar-refractivity contribution in [3.8, 4) is 0 Å². The number of carbonyl (C=O) groups is 2. The third-order valence-electron chi connectivity index (χ3n) is 6.76. The maximum absolute atomic E-state index is 12.7. The van der Waals surface area contributed by atoms with Gasteiger partial charge >= 0.3 is 0 Å². The summed E-state index contributed by atoms with van der Waals surface area (Å²) in [5, 5.41) is 6.88. The van der Waals surface area contributed by atoms with E-state index < -0.39 is 0 Å². The van der Waals surface area contributed by atoms with Gasteiger partial charge in [-0.15, -0.1) is 0 Å². The molecule has 1 atom stereocenters. The van der Waals surface area contributed by atoms with E-state index in [0.29, 0.717) is 25.4 Å². The van der Waals surface area contributed by atoms with Gasteiger partial charge in [-0.1, -0.05) is 37.1 Å². The van der Waals surface area contributed by atoms with Crippen molar-refractivity contribution in [1.82, 2.24) is 20.4 Å². The summed E-state index contributed by atoms with van der Waals surface area (Å²) in [6, 6.07) is 8.61. The van der Waals surface area contributed by atoms with Crippen LogP contribution in [0, 0.1) is 5.92 Å². The maximum atomic E-state index is 12.7. The molecule has 0 spiro atoms. The van der Waals surface area contributed by atoms with Gasteiger partial charge in [0.25, 0.3) is 0 Å². The molecule has 2 saturated heterocycles. The van der Waals surface area contributed by atoms with Gasteiger partial charge < -0.3 is 20.4 Å². The lowest BCUT2D eigenvalue weighted by molar-refractivity contribution is -0.134. The van der Waals surface area contributed by atoms with E-state index in [9.17, 15) is 9.59 Å². The zero-order valence-electron chi connectivity index (χ0n) is 18.6. The van der Waals surface area contributed by atoms with Crippen LogP contribution >= 0.6 is 0 Å². The van der Waals surface area contributed by atoms with Crippen molar-refractivity contribution in [3.05, 3.63) is 35.4 Å². The first-order valence-electron chi connectivity index (χ1n) is 11.7. The van der Waals surface area contributed by atoms with Crippen LogP contribution in [-0.4, -0.2) is 60.3 Å². The van der Waals surface area contributed by atoms with E-state index in [4.69, 9.17) is 0 Å². The fourth-order valence-corrected chi connectivity index (χ4v) is 5.01. The molecule has 2 heterocycles. The van der Waals surface area contributed by atoms with E-state index in [2.05, 4.69) is 33.8 Å². The smallest absolute Gasteiger partial charge is 0.225 e. The second-order valence-electron chi connectivity index (χ2n) is 9.06. The molecule has 0 bridgehead atoms. The molecule has 1 aromatic carbocycles. The number of rotatable bonds is 6. The van der Waals surface area contributed by atoms with Gasteiger partial charge in [0.2, 0.25) is 11.8 Å². The van der Waals surface area contributed by atoms with Crippen molar-refractivity contribution >= 4 is 17.8 Å². The molecule has 3 aliphatic rings. The molecule has 2 N–H and O–H groups in total. The minimum absolute atomic E-state index is 0.240. The van der Waals surface area contributed by atoms with Gasteiger partial charge in [0.05, 0.1) is 0 Å². The Bertz CT molecular complexity index is 818. The number of benzene rings is 1. The molecule has 0 aromatic heterocycles. The third-order valence-corrected chi connectivity index (χ3v) is 6.76. The highest BCUT2D eigenvalue weighted by atomic mass is 16.2. The second kappa shape index (κ2) is 10.2. The van der Waals surface area contributed by atoms with Crippen molar-refractivity contribution in [1.29, 1.82) is 0 Å². The number of nitrogens with one attached hydrogen (secondary N) is 2. The Morgan fingerprint density at radius 2 is 1.94 bits per heavy atom. The monoisotopic (exact) mass is 425 g/mol. The first-order valence-corrected chi connectivity index (χ1v) is 11.7. The number of hydrogen-bond donors (Lipinski definition) is 2. The fourth-order valence-electron chi connectivity index (χ4n) is 5.01. The third kappa shape index (κ3) is 5.57. The molecule has 0 radical (unpaired) electrons. The number of amides is 2. The highest BCUT2D eigenvalue weighted by Crippen LogP contribution is 2.27. The average Bonchev–Trinajstić information content (AvgIpc) is 3.54. The predicted octanol–water partition coefficient (Wildman–Crippen LogP) is 2.27. The van der Waals surface area contributed by atoms with E-state index in [1.807, 2.05) is 15.9 Å². The van der Waals surface area contributed by atoms with Gasteiger partial charge in [-0.3, -0.25) is 14.6 Å². The van der Waals surface area contributed by atoms with Crippen LogP contribution in [0.1, 0.15) is 56.1 Å². The highest BCUT2D eigenvalue weighted by Gasteiger charge is 2.32. The maximum Gasteiger partial charge on any atom is 0.225 e. The van der Waals surface area contributed by atoms with Crippen LogP contribution in [0.15, 0.2) is 29.3 Å². The van der Waals surface area contributed by atoms with Crippen LogP contribution < -0.4 is 10.6 Å². The molecule has 3 fully saturated rings. The Kier molecular flexibility index (Phi) is 7.10. The van der Waals surface area contributed by atoms with E-state index in [0.717, 1.165) is 62.4 Å². The summed E-state index contributed by atoms with van der Waals surface area (Å²) in [6.07, 6.45) is 7.10. The van der Waals surface area contributed by atoms with Gasteiger partial charge in [-0.2, -0.15) is 0 Å². The lowest BCUT2D eigenvalue weighted by atomic mass is 10.1. The van der Waals surface area contributed by atoms with Gasteiger partial charge in [0, 0.05) is 58.2 Å². The summed E-state index contributed by atoms with van der Waals surface area (Å²) < 4.78 is 0. The summed E-state index contributed by atoms with van der Waals surface area (Å²) in [5.74, 6) is 1.61. The van der Waals surface area contributed by atoms with Gasteiger partial charge in [-0.25, -0.2) is 0 Å². The van der Waals surface area contributed by atoms with Crippen LogP contribution in [0.5, 0.6) is 0 Å². The standard InChI is InChI=1S/C24H35N5O2/c1-25-24(27-21-11-13-29(17-21)23(31)20-8-2-3-9-20)26-15-18-6-4-7-19(14-18)16-28-12-5-10-22(28)30/h4,6-7,14,20-21H,2-3,5,8-13,15-17H2,1H3,(H2,25,26,27). The van der Waals surface area contributed by atoms with Crippen LogP contribution in [0.3, 0.4) is 0 Å². The normalized spacial score (nSPS) is 22.4. The summed E-state index contributed by atoms with van der Waals surface area (Å²) in [5.41, 5.74) is 2.32. The summed E-state index contributed by atoms with van der Waals surface area (Å²) in [7, 11) is 1.78. The lowest BCUT2D eigenvalue weighted by Crippen LogP contribution is -2.45. The Balaban J connectivity index is 1.25. The Morgan fingerprint density at radius 3 is 2.68 bits per heavy atom. The summed E-state index contributed by atoms with van der Waals surface area (Å²) in [6.45, 7) is 3.81. The molecule has 7 heteroatoms. The zero-order chi connectivity index (χ0) is 21.6. The molecule has 4 rings (SSSR count). The van der Waals surface area contributed by atoms with Crippen molar-refractivity contribution in [2.45, 2.75) is 64.1 Å². The lowest BCUT2D eigenvalue weighted by Gasteiger charge is -2.21. The van der Waals surface area contributed by atoms with Crippen LogP contribution in [-0.2, 0) is 22.7 Å². The van der Waals surface area contributed by atoms with E-state index in [1.54, 1.807) is 7.05 Å². The molecule has 31 heavy (non-hydrogen) atoms. The Hall–Kier alpha value is -2.57. The molecular weight excluding hydrogens is 390 g/mol. The number of carbonyl (C=O) groups excluding carboxylic acids is 2. The van der Waals surface area contributed by atoms with Crippen LogP contribution in [0.25, 0.3) is 0 Å². The van der Waals surface area contributed by atoms with E-state index >= 15 is 0 Å². The van der Waals surface area contributed by atoms with Gasteiger partial charge in [0.1, 0.15) is 0 Å². The minimum Gasteiger partial charge on any atom is -0.352 e. The number of guanidine groups is 1. The molecule has 1 saturated carbocycles. The number of nitrogens with zero attached hydrogens (tertiary/aromatic N) is 3. The minimum atomic E-state index is 0.240. The molecular formula is C24H35N5O2. The molecule has 1 unspecified atom stereocenters. The fraction of sp³-hybridized carbons (Fsp3) is 0.625. The largest absolute Gasteiger partial charge is 0.352 e. The van der Waals surface area contributed by atoms with E-state index in [1.165, 1.54) is 12.8 Å². The van der Waals surface area contributed by atoms with Gasteiger partial charge in [0.15, 0.2) is 5.96 Å². The number of hydrogen-bond acceptors (Lipinski definition) is 3. The van der Waals surface area contributed by atoms with Crippen molar-refractivity contribution < 1.29 is 9.59 Å². The molecule has 2 aliphatic heterocycles. The Labute approximate surface area is 185 Å². The first kappa shape index (κ1) is 21.7. The quantitative estimate of drug-likeness (QED) is 0.541. The first-order chi connectivity index (χ1) is 15.1. The molecule has 168 valence electrons. The molecule has 7 nitrogen and oxygen atoms in total. The highest BCUT2D eigenvalue weighted by molar-refractivity contribution is 5.81. The Morgan fingerprint density at radius 1 is 1.13 bits per heavy atom. The average molecular weight is 426 g/mol. The summed E-state index contributed by atoms with van der Waals surface area (Å²) >= 11 is 0. The van der Waals surface area contributed by atoms with Crippen molar-refractivity contribution in [3.63, 3.8) is 0 Å².